The largest absolute Gasteiger partial charge is 0.456 e. The van der Waals surface area contributed by atoms with Gasteiger partial charge in [-0.3, -0.25) is 9.59 Å². The summed E-state index contributed by atoms with van der Waals surface area (Å²) in [6.45, 7) is 12.4. The molecule has 204 valence electrons. The number of ketones is 1. The van der Waals surface area contributed by atoms with Crippen molar-refractivity contribution in [3.63, 3.8) is 0 Å². The molecule has 8 aliphatic rings. The maximum Gasteiger partial charge on any atom is 0.306 e. The molecule has 0 aromatic rings. The molecular weight excluding hydrogens is 476 g/mol. The molecule has 8 nitrogen and oxygen atoms in total. The zero-order valence-electron chi connectivity index (χ0n) is 22.7. The summed E-state index contributed by atoms with van der Waals surface area (Å²) >= 11 is 0. The number of aliphatic hydroxyl groups is 1. The SMILES string of the molecule is C[C@@H]([C@H]1CC[C@H]2[C@@H]3[C@@H]4O[C@@H]4[C@@]4(CCC(=O)O4)[C@H]4C[C@]34[C@@H](O)C(=O)[C@]12C)[C@H]1C[C@@]2(C)O[C@@](C)(O1)OC2(C)C. The predicted octanol–water partition coefficient (Wildman–Crippen LogP) is 3.12. The van der Waals surface area contributed by atoms with E-state index in [1.165, 1.54) is 0 Å². The van der Waals surface area contributed by atoms with Gasteiger partial charge in [-0.05, 0) is 57.8 Å². The Balaban J connectivity index is 1.12. The molecule has 14 atom stereocenters. The summed E-state index contributed by atoms with van der Waals surface area (Å²) in [5.41, 5.74) is -2.75. The molecule has 0 radical (unpaired) electrons. The Hall–Kier alpha value is -1.06. The van der Waals surface area contributed by atoms with Gasteiger partial charge in [-0.15, -0.1) is 0 Å². The maximum atomic E-state index is 14.3. The van der Waals surface area contributed by atoms with Gasteiger partial charge in [-0.2, -0.15) is 0 Å². The van der Waals surface area contributed by atoms with Crippen LogP contribution in [0.15, 0.2) is 0 Å². The van der Waals surface area contributed by atoms with Crippen molar-refractivity contribution in [2.45, 2.75) is 127 Å². The Labute approximate surface area is 218 Å². The van der Waals surface area contributed by atoms with E-state index in [9.17, 15) is 14.7 Å². The van der Waals surface area contributed by atoms with Crippen molar-refractivity contribution in [2.24, 2.45) is 40.4 Å². The normalized spacial score (nSPS) is 62.9. The van der Waals surface area contributed by atoms with Gasteiger partial charge >= 0.3 is 5.97 Å². The first kappa shape index (κ1) is 23.8. The lowest BCUT2D eigenvalue weighted by molar-refractivity contribution is -0.385. The van der Waals surface area contributed by atoms with E-state index in [0.717, 1.165) is 19.3 Å². The topological polar surface area (TPSA) is 104 Å². The van der Waals surface area contributed by atoms with Crippen LogP contribution in [0.5, 0.6) is 0 Å². The molecule has 0 aromatic carbocycles. The molecule has 8 fully saturated rings. The lowest BCUT2D eigenvalue weighted by atomic mass is 9.49. The van der Waals surface area contributed by atoms with E-state index in [-0.39, 0.29) is 59.7 Å². The first-order valence-electron chi connectivity index (χ1n) is 14.4. The number of fused-ring (bicyclic) bond motifs is 8. The standard InChI is InChI=1S/C29H40O8/c1-13(16-11-25(4)24(2,3)36-27(6,34-16)37-25)14-7-8-15-19-20-23(33-20)29(10-9-18(30)35-29)17-12-28(17,19)22(32)21(31)26(14,15)5/h13-17,19-20,22-23,32H,7-12H2,1-6H3/t13-,14+,15-,16+,17-,19+,20-,22-,23-,25+,26+,27-,28+,29+/m0/s1. The van der Waals surface area contributed by atoms with Crippen LogP contribution < -0.4 is 0 Å². The molecule has 0 unspecified atom stereocenters. The molecular formula is C29H40O8. The summed E-state index contributed by atoms with van der Waals surface area (Å²) in [6, 6.07) is 0. The Bertz CT molecular complexity index is 1120. The fraction of sp³-hybridized carbons (Fsp3) is 0.931. The quantitative estimate of drug-likeness (QED) is 0.441. The van der Waals surface area contributed by atoms with Crippen molar-refractivity contribution in [1.29, 1.82) is 0 Å². The van der Waals surface area contributed by atoms with Crippen molar-refractivity contribution >= 4 is 11.8 Å². The second-order valence-electron chi connectivity index (χ2n) is 14.7. The number of hydrogen-bond donors (Lipinski definition) is 1. The van der Waals surface area contributed by atoms with Crippen LogP contribution in [0, 0.1) is 40.4 Å². The lowest BCUT2D eigenvalue weighted by Gasteiger charge is -2.54. The molecule has 0 amide bonds. The number of aliphatic hydroxyl groups excluding tert-OH is 1. The van der Waals surface area contributed by atoms with Gasteiger partial charge in [-0.25, -0.2) is 0 Å². The van der Waals surface area contributed by atoms with Gasteiger partial charge in [0.25, 0.3) is 5.97 Å². The molecule has 1 N–H and O–H groups in total. The molecule has 4 aliphatic heterocycles. The highest BCUT2D eigenvalue weighted by molar-refractivity contribution is 5.92. The van der Waals surface area contributed by atoms with E-state index in [1.54, 1.807) is 0 Å². The fourth-order valence-corrected chi connectivity index (χ4v) is 10.9. The van der Waals surface area contributed by atoms with E-state index in [1.807, 2.05) is 6.92 Å². The Kier molecular flexibility index (Phi) is 4.15. The summed E-state index contributed by atoms with van der Waals surface area (Å²) in [5.74, 6) is -0.803. The zero-order valence-corrected chi connectivity index (χ0v) is 22.7. The Morgan fingerprint density at radius 3 is 2.46 bits per heavy atom. The van der Waals surface area contributed by atoms with Crippen molar-refractivity contribution in [3.05, 3.63) is 0 Å². The summed E-state index contributed by atoms with van der Waals surface area (Å²) in [4.78, 5) is 26.4. The van der Waals surface area contributed by atoms with Crippen molar-refractivity contribution < 1.29 is 38.4 Å². The van der Waals surface area contributed by atoms with Gasteiger partial charge in [0.05, 0.1) is 17.8 Å². The summed E-state index contributed by atoms with van der Waals surface area (Å²) in [7, 11) is 0. The van der Waals surface area contributed by atoms with Crippen LogP contribution in [0.3, 0.4) is 0 Å². The molecule has 4 heterocycles. The highest BCUT2D eigenvalue weighted by Gasteiger charge is 2.88. The molecule has 0 aromatic heterocycles. The fourth-order valence-electron chi connectivity index (χ4n) is 10.9. The number of rotatable bonds is 2. The number of Topliss-reactive ketones (excluding diaryl/α,β-unsaturated/α-hetero) is 1. The van der Waals surface area contributed by atoms with Gasteiger partial charge < -0.3 is 28.8 Å². The Morgan fingerprint density at radius 1 is 1.03 bits per heavy atom. The third-order valence-corrected chi connectivity index (χ3v) is 13.0. The number of hydrogen-bond acceptors (Lipinski definition) is 8. The van der Waals surface area contributed by atoms with Crippen LogP contribution in [-0.4, -0.2) is 64.1 Å². The molecule has 4 saturated carbocycles. The molecule has 4 aliphatic carbocycles. The van der Waals surface area contributed by atoms with Crippen LogP contribution in [0.25, 0.3) is 0 Å². The van der Waals surface area contributed by atoms with Crippen LogP contribution in [0.2, 0.25) is 0 Å². The molecule has 2 bridgehead atoms. The van der Waals surface area contributed by atoms with E-state index >= 15 is 0 Å². The smallest absolute Gasteiger partial charge is 0.306 e. The average Bonchev–Trinajstić information content (AvgIpc) is 3.68. The first-order valence-corrected chi connectivity index (χ1v) is 14.4. The van der Waals surface area contributed by atoms with Crippen molar-refractivity contribution in [2.75, 3.05) is 0 Å². The zero-order chi connectivity index (χ0) is 26.1. The molecule has 8 heteroatoms. The van der Waals surface area contributed by atoms with Gasteiger partial charge in [0.15, 0.2) is 5.78 Å². The minimum Gasteiger partial charge on any atom is -0.456 e. The summed E-state index contributed by atoms with van der Waals surface area (Å²) in [5, 5.41) is 11.8. The second kappa shape index (κ2) is 6.46. The van der Waals surface area contributed by atoms with Gasteiger partial charge in [-0.1, -0.05) is 13.8 Å². The number of ether oxygens (including phenoxy) is 5. The third kappa shape index (κ3) is 2.51. The molecule has 8 rings (SSSR count). The summed E-state index contributed by atoms with van der Waals surface area (Å²) < 4.78 is 31.2. The number of carbonyl (C=O) groups excluding carboxylic acids is 2. The van der Waals surface area contributed by atoms with Crippen LogP contribution >= 0.6 is 0 Å². The molecule has 2 spiro atoms. The number of epoxide rings is 1. The number of esters is 1. The van der Waals surface area contributed by atoms with Crippen LogP contribution in [0.1, 0.15) is 80.1 Å². The maximum absolute atomic E-state index is 14.3. The van der Waals surface area contributed by atoms with Crippen LogP contribution in [-0.2, 0) is 33.3 Å². The van der Waals surface area contributed by atoms with E-state index in [0.29, 0.717) is 19.3 Å². The van der Waals surface area contributed by atoms with Crippen molar-refractivity contribution in [3.8, 4) is 0 Å². The molecule has 37 heavy (non-hydrogen) atoms. The minimum absolute atomic E-state index is 0.0202. The number of carbonyl (C=O) groups is 2. The second-order valence-corrected chi connectivity index (χ2v) is 14.7. The highest BCUT2D eigenvalue weighted by Crippen LogP contribution is 2.81. The predicted molar refractivity (Wildman–Crippen MR) is 128 cm³/mol. The first-order chi connectivity index (χ1) is 17.2. The minimum atomic E-state index is -1.10. The van der Waals surface area contributed by atoms with E-state index in [4.69, 9.17) is 23.7 Å². The van der Waals surface area contributed by atoms with Crippen LogP contribution in [0.4, 0.5) is 0 Å². The molecule has 4 saturated heterocycles. The lowest BCUT2D eigenvalue weighted by Crippen LogP contribution is -2.64. The summed E-state index contributed by atoms with van der Waals surface area (Å²) in [6.07, 6.45) is 3.10. The average molecular weight is 517 g/mol. The van der Waals surface area contributed by atoms with Gasteiger partial charge in [0.2, 0.25) is 0 Å². The van der Waals surface area contributed by atoms with E-state index < -0.39 is 39.7 Å². The third-order valence-electron chi connectivity index (χ3n) is 13.0. The highest BCUT2D eigenvalue weighted by atomic mass is 16.9. The van der Waals surface area contributed by atoms with Gasteiger partial charge in [0.1, 0.15) is 23.4 Å². The van der Waals surface area contributed by atoms with Crippen molar-refractivity contribution in [1.82, 2.24) is 0 Å². The van der Waals surface area contributed by atoms with Gasteiger partial charge in [0, 0.05) is 48.9 Å². The van der Waals surface area contributed by atoms with E-state index in [2.05, 4.69) is 34.6 Å². The Morgan fingerprint density at radius 2 is 1.78 bits per heavy atom. The monoisotopic (exact) mass is 516 g/mol.